The van der Waals surface area contributed by atoms with Crippen molar-refractivity contribution in [1.82, 2.24) is 4.98 Å². The maximum absolute atomic E-state index is 13.1. The quantitative estimate of drug-likeness (QED) is 0.870. The molecule has 0 aliphatic heterocycles. The highest BCUT2D eigenvalue weighted by Crippen LogP contribution is 2.13. The Balaban J connectivity index is 0.00000196. The predicted octanol–water partition coefficient (Wildman–Crippen LogP) is 0.895. The number of hydrogen-bond acceptors (Lipinski definition) is 4. The van der Waals surface area contributed by atoms with Gasteiger partial charge in [-0.2, -0.15) is 0 Å². The Kier molecular flexibility index (Phi) is 5.13. The average Bonchev–Trinajstić information content (AvgIpc) is 2.17. The van der Waals surface area contributed by atoms with Crippen LogP contribution in [0.4, 0.5) is 4.39 Å². The molecule has 7 heteroatoms. The van der Waals surface area contributed by atoms with Gasteiger partial charge < -0.3 is 5.73 Å². The Hall–Kier alpha value is -0.720. The van der Waals surface area contributed by atoms with Gasteiger partial charge in [-0.1, -0.05) is 6.92 Å². The summed E-state index contributed by atoms with van der Waals surface area (Å²) < 4.78 is 35.7. The van der Waals surface area contributed by atoms with Crippen molar-refractivity contribution in [2.75, 3.05) is 5.75 Å². The first-order chi connectivity index (χ1) is 6.51. The van der Waals surface area contributed by atoms with Crippen molar-refractivity contribution in [3.63, 3.8) is 0 Å². The van der Waals surface area contributed by atoms with Crippen LogP contribution in [0.2, 0.25) is 0 Å². The van der Waals surface area contributed by atoms with Gasteiger partial charge in [0.25, 0.3) is 0 Å². The van der Waals surface area contributed by atoms with Crippen molar-refractivity contribution >= 4 is 22.2 Å². The number of sulfone groups is 1. The lowest BCUT2D eigenvalue weighted by Crippen LogP contribution is -2.08. The van der Waals surface area contributed by atoms with E-state index in [1.165, 1.54) is 6.92 Å². The average molecular weight is 255 g/mol. The highest BCUT2D eigenvalue weighted by molar-refractivity contribution is 7.91. The molecule has 0 spiro atoms. The molecule has 1 aromatic rings. The van der Waals surface area contributed by atoms with Crippen LogP contribution in [0, 0.1) is 5.82 Å². The lowest BCUT2D eigenvalue weighted by atomic mass is 10.3. The minimum absolute atomic E-state index is 0. The monoisotopic (exact) mass is 254 g/mol. The van der Waals surface area contributed by atoms with E-state index in [-0.39, 0.29) is 35.3 Å². The topological polar surface area (TPSA) is 73.0 Å². The third kappa shape index (κ3) is 3.12. The van der Waals surface area contributed by atoms with Crippen LogP contribution in [0.25, 0.3) is 0 Å². The summed E-state index contributed by atoms with van der Waals surface area (Å²) in [4.78, 5) is 3.53. The van der Waals surface area contributed by atoms with Crippen LogP contribution in [0.1, 0.15) is 12.6 Å². The molecular weight excluding hydrogens is 243 g/mol. The second kappa shape index (κ2) is 5.39. The molecule has 0 amide bonds. The van der Waals surface area contributed by atoms with E-state index >= 15 is 0 Å². The number of nitrogens with two attached hydrogens (primary N) is 1. The molecule has 1 heterocycles. The summed E-state index contributed by atoms with van der Waals surface area (Å²) in [6.45, 7) is 1.45. The van der Waals surface area contributed by atoms with E-state index in [0.29, 0.717) is 0 Å². The number of nitrogens with zero attached hydrogens (tertiary/aromatic N) is 1. The molecule has 1 rings (SSSR count). The molecule has 0 saturated heterocycles. The first kappa shape index (κ1) is 14.3. The summed E-state index contributed by atoms with van der Waals surface area (Å²) in [6.07, 6.45) is 1.13. The number of halogens is 2. The largest absolute Gasteiger partial charge is 0.325 e. The number of hydrogen-bond donors (Lipinski definition) is 1. The van der Waals surface area contributed by atoms with Crippen LogP contribution in [0.15, 0.2) is 17.2 Å². The van der Waals surface area contributed by atoms with Crippen LogP contribution in [-0.2, 0) is 16.4 Å². The van der Waals surface area contributed by atoms with Gasteiger partial charge >= 0.3 is 0 Å². The Morgan fingerprint density at radius 2 is 2.13 bits per heavy atom. The Morgan fingerprint density at radius 1 is 1.53 bits per heavy atom. The molecule has 0 aliphatic rings. The van der Waals surface area contributed by atoms with Gasteiger partial charge in [0.05, 0.1) is 16.3 Å². The Labute approximate surface area is 94.0 Å². The fourth-order valence-corrected chi connectivity index (χ4v) is 1.77. The Bertz CT molecular complexity index is 436. The van der Waals surface area contributed by atoms with E-state index in [4.69, 9.17) is 5.73 Å². The van der Waals surface area contributed by atoms with E-state index in [1.54, 1.807) is 0 Å². The van der Waals surface area contributed by atoms with Crippen LogP contribution in [0.3, 0.4) is 0 Å². The lowest BCUT2D eigenvalue weighted by Gasteiger charge is -2.03. The van der Waals surface area contributed by atoms with E-state index < -0.39 is 15.7 Å². The van der Waals surface area contributed by atoms with Crippen molar-refractivity contribution in [1.29, 1.82) is 0 Å². The van der Waals surface area contributed by atoms with Crippen LogP contribution >= 0.6 is 12.4 Å². The zero-order chi connectivity index (χ0) is 10.8. The summed E-state index contributed by atoms with van der Waals surface area (Å²) in [5.74, 6) is -0.752. The molecule has 0 unspecified atom stereocenters. The Morgan fingerprint density at radius 3 is 2.53 bits per heavy atom. The number of pyridine rings is 1. The van der Waals surface area contributed by atoms with Crippen LogP contribution in [0.5, 0.6) is 0 Å². The van der Waals surface area contributed by atoms with E-state index in [2.05, 4.69) is 4.98 Å². The van der Waals surface area contributed by atoms with Gasteiger partial charge in [-0.15, -0.1) is 12.4 Å². The fraction of sp³-hybridized carbons (Fsp3) is 0.375. The smallest absolute Gasteiger partial charge is 0.179 e. The standard InChI is InChI=1S/C8H11FN2O2S.ClH/c1-2-14(12,13)6-3-7(9)8(4-10)11-5-6;/h3,5H,2,4,10H2,1H3;1H. The van der Waals surface area contributed by atoms with Gasteiger partial charge in [0.1, 0.15) is 5.82 Å². The van der Waals surface area contributed by atoms with E-state index in [9.17, 15) is 12.8 Å². The molecule has 86 valence electrons. The first-order valence-electron chi connectivity index (χ1n) is 4.08. The van der Waals surface area contributed by atoms with Gasteiger partial charge in [-0.3, -0.25) is 4.98 Å². The second-order valence-electron chi connectivity index (χ2n) is 2.71. The number of aromatic nitrogens is 1. The van der Waals surface area contributed by atoms with Crippen LogP contribution < -0.4 is 5.73 Å². The van der Waals surface area contributed by atoms with Gasteiger partial charge in [0.15, 0.2) is 9.84 Å². The zero-order valence-corrected chi connectivity index (χ0v) is 9.74. The molecule has 0 saturated carbocycles. The van der Waals surface area contributed by atoms with Crippen molar-refractivity contribution in [3.8, 4) is 0 Å². The molecule has 0 bridgehead atoms. The fourth-order valence-electron chi connectivity index (χ4n) is 0.936. The third-order valence-corrected chi connectivity index (χ3v) is 3.53. The van der Waals surface area contributed by atoms with Gasteiger partial charge in [-0.25, -0.2) is 12.8 Å². The molecule has 2 N–H and O–H groups in total. The molecule has 1 aromatic heterocycles. The molecule has 0 radical (unpaired) electrons. The van der Waals surface area contributed by atoms with Crippen molar-refractivity contribution in [2.45, 2.75) is 18.4 Å². The molecule has 0 fully saturated rings. The summed E-state index contributed by atoms with van der Waals surface area (Å²) >= 11 is 0. The SMILES string of the molecule is CCS(=O)(=O)c1cnc(CN)c(F)c1.Cl. The van der Waals surface area contributed by atoms with Gasteiger partial charge in [0, 0.05) is 12.7 Å². The van der Waals surface area contributed by atoms with Crippen molar-refractivity contribution < 1.29 is 12.8 Å². The molecule has 4 nitrogen and oxygen atoms in total. The molecule has 0 aromatic carbocycles. The highest BCUT2D eigenvalue weighted by atomic mass is 35.5. The summed E-state index contributed by atoms with van der Waals surface area (Å²) in [7, 11) is -3.39. The highest BCUT2D eigenvalue weighted by Gasteiger charge is 2.14. The third-order valence-electron chi connectivity index (χ3n) is 1.82. The molecule has 0 aliphatic carbocycles. The maximum atomic E-state index is 13.1. The van der Waals surface area contributed by atoms with E-state index in [1.807, 2.05) is 0 Å². The summed E-state index contributed by atoms with van der Waals surface area (Å²) in [6, 6.07) is 0.952. The van der Waals surface area contributed by atoms with Crippen molar-refractivity contribution in [2.24, 2.45) is 5.73 Å². The summed E-state index contributed by atoms with van der Waals surface area (Å²) in [5.41, 5.74) is 5.26. The van der Waals surface area contributed by atoms with Crippen molar-refractivity contribution in [3.05, 3.63) is 23.8 Å². The predicted molar refractivity (Wildman–Crippen MR) is 57.1 cm³/mol. The first-order valence-corrected chi connectivity index (χ1v) is 5.73. The van der Waals surface area contributed by atoms with Gasteiger partial charge in [-0.05, 0) is 6.07 Å². The second-order valence-corrected chi connectivity index (χ2v) is 4.99. The molecule has 15 heavy (non-hydrogen) atoms. The molecule has 0 atom stereocenters. The van der Waals surface area contributed by atoms with E-state index in [0.717, 1.165) is 12.3 Å². The number of rotatable bonds is 3. The summed E-state index contributed by atoms with van der Waals surface area (Å²) in [5, 5.41) is 0. The van der Waals surface area contributed by atoms with Gasteiger partial charge in [0.2, 0.25) is 0 Å². The molecular formula is C8H12ClFN2O2S. The zero-order valence-electron chi connectivity index (χ0n) is 8.10. The minimum Gasteiger partial charge on any atom is -0.325 e. The maximum Gasteiger partial charge on any atom is 0.179 e. The van der Waals surface area contributed by atoms with Crippen LogP contribution in [-0.4, -0.2) is 19.2 Å². The minimum atomic E-state index is -3.39. The normalized spacial score (nSPS) is 10.9. The lowest BCUT2D eigenvalue weighted by molar-refractivity contribution is 0.580.